The van der Waals surface area contributed by atoms with Crippen LogP contribution in [0.4, 0.5) is 0 Å². The highest BCUT2D eigenvalue weighted by molar-refractivity contribution is 7.99. The van der Waals surface area contributed by atoms with Gasteiger partial charge in [-0.3, -0.25) is 9.55 Å². The molecule has 0 saturated carbocycles. The minimum Gasteiger partial charge on any atom is -0.270 e. The molecular weight excluding hydrogens is 387 g/mol. The van der Waals surface area contributed by atoms with Crippen LogP contribution >= 0.6 is 46.6 Å². The van der Waals surface area contributed by atoms with Crippen molar-refractivity contribution < 1.29 is 0 Å². The van der Waals surface area contributed by atoms with E-state index in [-0.39, 0.29) is 0 Å². The van der Waals surface area contributed by atoms with E-state index in [0.29, 0.717) is 31.8 Å². The van der Waals surface area contributed by atoms with Crippen molar-refractivity contribution >= 4 is 46.6 Å². The van der Waals surface area contributed by atoms with Gasteiger partial charge in [-0.15, -0.1) is 10.2 Å². The SMILES string of the molecule is C=C(Cl)CSc1nnc(-c2cccnc2)n1-c1ccc(Cl)c(Cl)c1. The Morgan fingerprint density at radius 3 is 2.67 bits per heavy atom. The van der Waals surface area contributed by atoms with Gasteiger partial charge in [0, 0.05) is 28.7 Å². The maximum atomic E-state index is 6.17. The second-order valence-corrected chi connectivity index (χ2v) is 7.08. The zero-order chi connectivity index (χ0) is 17.1. The summed E-state index contributed by atoms with van der Waals surface area (Å²) in [4.78, 5) is 4.14. The van der Waals surface area contributed by atoms with E-state index in [2.05, 4.69) is 21.8 Å². The number of hydrogen-bond donors (Lipinski definition) is 0. The third-order valence-corrected chi connectivity index (χ3v) is 5.12. The van der Waals surface area contributed by atoms with Crippen molar-refractivity contribution in [3.63, 3.8) is 0 Å². The Morgan fingerprint density at radius 2 is 2.00 bits per heavy atom. The molecule has 0 atom stereocenters. The summed E-state index contributed by atoms with van der Waals surface area (Å²) in [6.07, 6.45) is 3.43. The molecule has 24 heavy (non-hydrogen) atoms. The number of nitrogens with zero attached hydrogens (tertiary/aromatic N) is 4. The molecule has 4 nitrogen and oxygen atoms in total. The summed E-state index contributed by atoms with van der Waals surface area (Å²) in [6, 6.07) is 9.13. The van der Waals surface area contributed by atoms with Crippen LogP contribution in [0.15, 0.2) is 59.5 Å². The Kier molecular flexibility index (Phi) is 5.46. The normalized spacial score (nSPS) is 10.8. The Labute approximate surface area is 158 Å². The third-order valence-electron chi connectivity index (χ3n) is 3.07. The van der Waals surface area contributed by atoms with Crippen molar-refractivity contribution in [2.45, 2.75) is 5.16 Å². The number of hydrogen-bond acceptors (Lipinski definition) is 4. The van der Waals surface area contributed by atoms with Crippen molar-refractivity contribution in [1.29, 1.82) is 0 Å². The van der Waals surface area contributed by atoms with E-state index in [1.165, 1.54) is 11.8 Å². The summed E-state index contributed by atoms with van der Waals surface area (Å²) in [5.41, 5.74) is 1.64. The summed E-state index contributed by atoms with van der Waals surface area (Å²) < 4.78 is 1.89. The van der Waals surface area contributed by atoms with Crippen LogP contribution in [0.1, 0.15) is 0 Å². The van der Waals surface area contributed by atoms with E-state index in [0.717, 1.165) is 11.3 Å². The summed E-state index contributed by atoms with van der Waals surface area (Å²) >= 11 is 19.5. The van der Waals surface area contributed by atoms with Gasteiger partial charge in [-0.25, -0.2) is 0 Å². The van der Waals surface area contributed by atoms with Crippen LogP contribution in [-0.2, 0) is 0 Å². The molecule has 0 aliphatic rings. The molecule has 0 N–H and O–H groups in total. The molecule has 0 bridgehead atoms. The average molecular weight is 398 g/mol. The maximum Gasteiger partial charge on any atom is 0.196 e. The van der Waals surface area contributed by atoms with E-state index < -0.39 is 0 Å². The van der Waals surface area contributed by atoms with Gasteiger partial charge in [0.25, 0.3) is 0 Å². The molecule has 0 aliphatic carbocycles. The van der Waals surface area contributed by atoms with E-state index in [9.17, 15) is 0 Å². The predicted octanol–water partition coefficient (Wildman–Crippen LogP) is 5.48. The van der Waals surface area contributed by atoms with Crippen LogP contribution in [-0.4, -0.2) is 25.5 Å². The highest BCUT2D eigenvalue weighted by atomic mass is 35.5. The van der Waals surface area contributed by atoms with Crippen LogP contribution in [0.25, 0.3) is 17.1 Å². The molecule has 3 rings (SSSR count). The Balaban J connectivity index is 2.13. The van der Waals surface area contributed by atoms with Gasteiger partial charge in [-0.1, -0.05) is 53.1 Å². The fourth-order valence-electron chi connectivity index (χ4n) is 2.05. The lowest BCUT2D eigenvalue weighted by Gasteiger charge is -2.11. The number of halogens is 3. The second kappa shape index (κ2) is 7.57. The van der Waals surface area contributed by atoms with Gasteiger partial charge in [-0.2, -0.15) is 0 Å². The number of aromatic nitrogens is 4. The molecule has 0 radical (unpaired) electrons. The molecule has 8 heteroatoms. The van der Waals surface area contributed by atoms with Crippen LogP contribution in [0, 0.1) is 0 Å². The zero-order valence-corrected chi connectivity index (χ0v) is 15.4. The highest BCUT2D eigenvalue weighted by Gasteiger charge is 2.17. The van der Waals surface area contributed by atoms with E-state index in [1.54, 1.807) is 24.5 Å². The Bertz CT molecular complexity index is 880. The first-order valence-corrected chi connectivity index (χ1v) is 8.95. The van der Waals surface area contributed by atoms with Gasteiger partial charge < -0.3 is 0 Å². The largest absolute Gasteiger partial charge is 0.270 e. The molecule has 3 aromatic rings. The summed E-state index contributed by atoms with van der Waals surface area (Å²) in [5, 5.41) is 10.7. The minimum atomic E-state index is 0.456. The molecular formula is C16H11Cl3N4S. The topological polar surface area (TPSA) is 43.6 Å². The molecule has 122 valence electrons. The quantitative estimate of drug-likeness (QED) is 0.535. The Morgan fingerprint density at radius 1 is 1.17 bits per heavy atom. The summed E-state index contributed by atoms with van der Waals surface area (Å²) in [5.74, 6) is 1.18. The first-order chi connectivity index (χ1) is 11.6. The van der Waals surface area contributed by atoms with E-state index in [1.807, 2.05) is 22.8 Å². The van der Waals surface area contributed by atoms with E-state index >= 15 is 0 Å². The zero-order valence-electron chi connectivity index (χ0n) is 12.3. The first-order valence-electron chi connectivity index (χ1n) is 6.83. The molecule has 2 aromatic heterocycles. The van der Waals surface area contributed by atoms with Crippen LogP contribution in [0.2, 0.25) is 10.0 Å². The lowest BCUT2D eigenvalue weighted by molar-refractivity contribution is 0.887. The molecule has 0 saturated heterocycles. The monoisotopic (exact) mass is 396 g/mol. The van der Waals surface area contributed by atoms with E-state index in [4.69, 9.17) is 34.8 Å². The fraction of sp³-hybridized carbons (Fsp3) is 0.0625. The Hall–Kier alpha value is -1.53. The van der Waals surface area contributed by atoms with Gasteiger partial charge in [0.1, 0.15) is 0 Å². The molecule has 2 heterocycles. The fourth-order valence-corrected chi connectivity index (χ4v) is 3.21. The lowest BCUT2D eigenvalue weighted by Crippen LogP contribution is -2.00. The van der Waals surface area contributed by atoms with Gasteiger partial charge in [0.15, 0.2) is 11.0 Å². The lowest BCUT2D eigenvalue weighted by atomic mass is 10.2. The first kappa shape index (κ1) is 17.3. The van der Waals surface area contributed by atoms with Crippen molar-refractivity contribution in [3.05, 3.63) is 64.4 Å². The molecule has 0 unspecified atom stereocenters. The third kappa shape index (κ3) is 3.75. The van der Waals surface area contributed by atoms with Gasteiger partial charge in [0.05, 0.1) is 15.7 Å². The van der Waals surface area contributed by atoms with Gasteiger partial charge in [0.2, 0.25) is 0 Å². The smallest absolute Gasteiger partial charge is 0.196 e. The van der Waals surface area contributed by atoms with Crippen molar-refractivity contribution in [3.8, 4) is 17.1 Å². The number of rotatable bonds is 5. The van der Waals surface area contributed by atoms with Crippen LogP contribution in [0.5, 0.6) is 0 Å². The minimum absolute atomic E-state index is 0.456. The van der Waals surface area contributed by atoms with Crippen molar-refractivity contribution in [1.82, 2.24) is 19.7 Å². The maximum absolute atomic E-state index is 6.17. The highest BCUT2D eigenvalue weighted by Crippen LogP contribution is 2.31. The number of pyridine rings is 1. The molecule has 0 aliphatic heterocycles. The van der Waals surface area contributed by atoms with Crippen LogP contribution < -0.4 is 0 Å². The summed E-state index contributed by atoms with van der Waals surface area (Å²) in [7, 11) is 0. The average Bonchev–Trinajstić information content (AvgIpc) is 3.00. The standard InChI is InChI=1S/C16H11Cl3N4S/c1-10(17)9-24-16-22-21-15(11-3-2-6-20-8-11)23(16)12-4-5-13(18)14(19)7-12/h2-8H,1,9H2. The predicted molar refractivity (Wildman–Crippen MR) is 100 cm³/mol. The molecule has 0 amide bonds. The van der Waals surface area contributed by atoms with Gasteiger partial charge in [-0.05, 0) is 30.3 Å². The van der Waals surface area contributed by atoms with Crippen molar-refractivity contribution in [2.24, 2.45) is 0 Å². The second-order valence-electron chi connectivity index (χ2n) is 4.79. The number of benzene rings is 1. The molecule has 1 aromatic carbocycles. The number of thioether (sulfide) groups is 1. The summed E-state index contributed by atoms with van der Waals surface area (Å²) in [6.45, 7) is 3.70. The van der Waals surface area contributed by atoms with Gasteiger partial charge >= 0.3 is 0 Å². The molecule has 0 fully saturated rings. The van der Waals surface area contributed by atoms with Crippen molar-refractivity contribution in [2.75, 3.05) is 5.75 Å². The van der Waals surface area contributed by atoms with Crippen LogP contribution in [0.3, 0.4) is 0 Å². The molecule has 0 spiro atoms.